The SMILES string of the molecule is O=C(c1ccccc1)c1ccccc1Sc1ccc(S(O[Cl+3]([O-])([O-])[O-])(c2ccccc2)c2ccccc2)cc1. The second-order valence-corrected chi connectivity index (χ2v) is 13.3. The van der Waals surface area contributed by atoms with Crippen LogP contribution in [-0.2, 0) is 3.74 Å². The van der Waals surface area contributed by atoms with Gasteiger partial charge in [0.15, 0.2) is 5.78 Å². The lowest BCUT2D eigenvalue weighted by molar-refractivity contribution is -1.91. The Morgan fingerprint density at radius 1 is 0.590 bits per heavy atom. The molecule has 0 aliphatic carbocycles. The van der Waals surface area contributed by atoms with Crippen molar-refractivity contribution < 1.29 is 32.8 Å². The van der Waals surface area contributed by atoms with E-state index in [4.69, 9.17) is 3.74 Å². The van der Waals surface area contributed by atoms with Gasteiger partial charge in [-0.1, -0.05) is 90.6 Å². The van der Waals surface area contributed by atoms with Crippen LogP contribution in [0.5, 0.6) is 0 Å². The van der Waals surface area contributed by atoms with Crippen LogP contribution in [0.15, 0.2) is 164 Å². The van der Waals surface area contributed by atoms with Crippen molar-refractivity contribution in [3.05, 3.63) is 151 Å². The molecule has 0 N–H and O–H groups in total. The fraction of sp³-hybridized carbons (Fsp3) is 0. The van der Waals surface area contributed by atoms with Gasteiger partial charge in [0.2, 0.25) is 0 Å². The molecule has 0 bridgehead atoms. The van der Waals surface area contributed by atoms with Crippen LogP contribution in [-0.4, -0.2) is 5.78 Å². The molecule has 0 radical (unpaired) electrons. The molecule has 0 fully saturated rings. The Hall–Kier alpha value is -3.40. The molecule has 0 aromatic heterocycles. The van der Waals surface area contributed by atoms with Crippen LogP contribution in [0.3, 0.4) is 0 Å². The van der Waals surface area contributed by atoms with Crippen LogP contribution in [0.1, 0.15) is 15.9 Å². The molecule has 0 unspecified atom stereocenters. The molecule has 0 aliphatic rings. The summed E-state index contributed by atoms with van der Waals surface area (Å²) in [4.78, 5) is 16.5. The number of benzene rings is 5. The Morgan fingerprint density at radius 2 is 1.05 bits per heavy atom. The quantitative estimate of drug-likeness (QED) is 0.225. The zero-order valence-electron chi connectivity index (χ0n) is 20.5. The van der Waals surface area contributed by atoms with E-state index >= 15 is 0 Å². The summed E-state index contributed by atoms with van der Waals surface area (Å²) < 4.78 is 41.7. The van der Waals surface area contributed by atoms with Gasteiger partial charge in [-0.3, -0.25) is 4.79 Å². The molecule has 0 atom stereocenters. The first-order chi connectivity index (χ1) is 18.9. The third-order valence-corrected chi connectivity index (χ3v) is 11.1. The highest BCUT2D eigenvalue weighted by atomic mass is 35.7. The van der Waals surface area contributed by atoms with Gasteiger partial charge >= 0.3 is 0 Å². The standard InChI is InChI=1S/C31H23ClO5S2/c33-31(24-12-4-1-5-13-24)29-18-10-11-19-30(29)38-25-20-22-28(23-21-25)39(37-32(34,35)36,26-14-6-2-7-15-26)27-16-8-3-9-17-27/h1-23H. The minimum atomic E-state index is -4.76. The second-order valence-electron chi connectivity index (χ2n) is 8.39. The summed E-state index contributed by atoms with van der Waals surface area (Å²) in [6.07, 6.45) is 0. The molecule has 0 aliphatic heterocycles. The number of ketones is 1. The smallest absolute Gasteiger partial charge is 0.194 e. The van der Waals surface area contributed by atoms with Crippen molar-refractivity contribution in [2.24, 2.45) is 0 Å². The number of hydrogen-bond acceptors (Lipinski definition) is 6. The fourth-order valence-corrected chi connectivity index (χ4v) is 9.33. The molecule has 0 amide bonds. The topological polar surface area (TPSA) is 95.5 Å². The van der Waals surface area contributed by atoms with Crippen molar-refractivity contribution in [2.75, 3.05) is 0 Å². The van der Waals surface area contributed by atoms with E-state index < -0.39 is 20.6 Å². The van der Waals surface area contributed by atoms with Crippen LogP contribution < -0.4 is 14.0 Å². The van der Waals surface area contributed by atoms with Crippen LogP contribution >= 0.6 is 22.1 Å². The van der Waals surface area contributed by atoms with Crippen LogP contribution in [0.4, 0.5) is 0 Å². The van der Waals surface area contributed by atoms with Gasteiger partial charge in [0.25, 0.3) is 0 Å². The van der Waals surface area contributed by atoms with Crippen LogP contribution in [0.2, 0.25) is 0 Å². The summed E-state index contributed by atoms with van der Waals surface area (Å²) in [5.41, 5.74) is 1.20. The molecule has 39 heavy (non-hydrogen) atoms. The maximum Gasteiger partial charge on any atom is 0.194 e. The Kier molecular flexibility index (Phi) is 8.20. The summed E-state index contributed by atoms with van der Waals surface area (Å²) in [6, 6.07) is 41.6. The Balaban J connectivity index is 1.55. The third kappa shape index (κ3) is 6.11. The second kappa shape index (κ2) is 11.8. The molecular weight excluding hydrogens is 552 g/mol. The lowest BCUT2D eigenvalue weighted by Crippen LogP contribution is -2.61. The van der Waals surface area contributed by atoms with Gasteiger partial charge in [0.1, 0.15) is 3.74 Å². The predicted octanol–water partition coefficient (Wildman–Crippen LogP) is 5.18. The Labute approximate surface area is 235 Å². The van der Waals surface area contributed by atoms with E-state index in [1.165, 1.54) is 11.8 Å². The highest BCUT2D eigenvalue weighted by Crippen LogP contribution is 2.70. The van der Waals surface area contributed by atoms with Gasteiger partial charge in [0.05, 0.1) is 20.6 Å². The average Bonchev–Trinajstić information content (AvgIpc) is 2.97. The molecule has 5 aromatic carbocycles. The molecule has 0 spiro atoms. The number of halogens is 1. The van der Waals surface area contributed by atoms with Crippen molar-refractivity contribution in [1.29, 1.82) is 0 Å². The zero-order chi connectivity index (χ0) is 27.3. The molecule has 8 heteroatoms. The monoisotopic (exact) mass is 574 g/mol. The van der Waals surface area contributed by atoms with Crippen molar-refractivity contribution in [3.63, 3.8) is 0 Å². The van der Waals surface area contributed by atoms with Crippen LogP contribution in [0.25, 0.3) is 0 Å². The predicted molar refractivity (Wildman–Crippen MR) is 143 cm³/mol. The normalized spacial score (nSPS) is 12.2. The lowest BCUT2D eigenvalue weighted by atomic mass is 10.0. The molecular formula is C31H23ClO5S2. The number of carbonyl (C=O) groups is 1. The highest BCUT2D eigenvalue weighted by Gasteiger charge is 2.46. The molecule has 0 saturated carbocycles. The van der Waals surface area contributed by atoms with Gasteiger partial charge in [-0.2, -0.15) is 14.0 Å². The average molecular weight is 575 g/mol. The highest BCUT2D eigenvalue weighted by molar-refractivity contribution is 8.29. The first-order valence-corrected chi connectivity index (χ1v) is 15.5. The number of rotatable bonds is 9. The molecule has 5 rings (SSSR count). The van der Waals surface area contributed by atoms with E-state index in [1.807, 2.05) is 60.7 Å². The van der Waals surface area contributed by atoms with E-state index in [2.05, 4.69) is 0 Å². The number of hydrogen-bond donors (Lipinski definition) is 0. The minimum Gasteiger partial charge on any atom is -0.289 e. The molecule has 0 heterocycles. The first kappa shape index (κ1) is 27.2. The van der Waals surface area contributed by atoms with Gasteiger partial charge in [-0.05, 0) is 60.7 Å². The lowest BCUT2D eigenvalue weighted by Gasteiger charge is -2.34. The molecule has 5 aromatic rings. The van der Waals surface area contributed by atoms with Crippen molar-refractivity contribution >= 4 is 27.9 Å². The van der Waals surface area contributed by atoms with Crippen molar-refractivity contribution in [1.82, 2.24) is 0 Å². The van der Waals surface area contributed by atoms with Crippen molar-refractivity contribution in [2.45, 2.75) is 24.5 Å². The first-order valence-electron chi connectivity index (χ1n) is 11.9. The fourth-order valence-electron chi connectivity index (χ4n) is 4.17. The van der Waals surface area contributed by atoms with E-state index in [0.29, 0.717) is 25.8 Å². The van der Waals surface area contributed by atoms with Gasteiger partial charge in [-0.25, -0.2) is 0 Å². The Morgan fingerprint density at radius 3 is 1.59 bits per heavy atom. The van der Waals surface area contributed by atoms with Gasteiger partial charge < -0.3 is 0 Å². The van der Waals surface area contributed by atoms with Crippen molar-refractivity contribution in [3.8, 4) is 0 Å². The largest absolute Gasteiger partial charge is 0.289 e. The molecule has 0 saturated heterocycles. The summed E-state index contributed by atoms with van der Waals surface area (Å²) in [5, 5.41) is 0. The van der Waals surface area contributed by atoms with E-state index in [-0.39, 0.29) is 5.78 Å². The summed E-state index contributed by atoms with van der Waals surface area (Å²) >= 11 is 1.43. The van der Waals surface area contributed by atoms with E-state index in [9.17, 15) is 18.8 Å². The van der Waals surface area contributed by atoms with Gasteiger partial charge in [0, 0.05) is 35.6 Å². The molecule has 196 valence electrons. The summed E-state index contributed by atoms with van der Waals surface area (Å²) in [7, 11) is -7.68. The third-order valence-electron chi connectivity index (χ3n) is 5.87. The Bertz CT molecular complexity index is 1500. The zero-order valence-corrected chi connectivity index (χ0v) is 22.9. The number of carbonyl (C=O) groups excluding carboxylic acids is 1. The van der Waals surface area contributed by atoms with Crippen LogP contribution in [0, 0.1) is 10.2 Å². The van der Waals surface area contributed by atoms with Gasteiger partial charge in [-0.15, -0.1) is 0 Å². The molecule has 5 nitrogen and oxygen atoms in total. The maximum absolute atomic E-state index is 13.2. The maximum atomic E-state index is 13.2. The van der Waals surface area contributed by atoms with E-state index in [1.54, 1.807) is 78.9 Å². The minimum absolute atomic E-state index is 0.0694. The summed E-state index contributed by atoms with van der Waals surface area (Å²) in [6.45, 7) is 0. The van der Waals surface area contributed by atoms with E-state index in [0.717, 1.165) is 9.79 Å². The summed E-state index contributed by atoms with van der Waals surface area (Å²) in [5.74, 6) is -0.0694.